The van der Waals surface area contributed by atoms with Crippen molar-refractivity contribution in [3.8, 4) is 0 Å². The molecule has 3 heteroatoms. The molecule has 0 aromatic carbocycles. The van der Waals surface area contributed by atoms with E-state index in [1.807, 2.05) is 14.0 Å². The molecule has 0 bridgehead atoms. The van der Waals surface area contributed by atoms with Gasteiger partial charge in [-0.3, -0.25) is 0 Å². The quantitative estimate of drug-likeness (QED) is 0.771. The van der Waals surface area contributed by atoms with Crippen molar-refractivity contribution in [1.82, 2.24) is 4.98 Å². The number of hydrogen-bond donors (Lipinski definition) is 2. The predicted octanol–water partition coefficient (Wildman–Crippen LogP) is 3.10. The molecular formula is C13H23N3. The second kappa shape index (κ2) is 7.74. The first kappa shape index (κ1) is 14.5. The van der Waals surface area contributed by atoms with Gasteiger partial charge in [0.2, 0.25) is 0 Å². The van der Waals surface area contributed by atoms with Gasteiger partial charge in [-0.15, -0.1) is 6.58 Å². The lowest BCUT2D eigenvalue weighted by atomic mass is 10.0. The fraction of sp³-hybridized carbons (Fsp3) is 0.462. The topological polar surface area (TPSA) is 50.9 Å². The molecule has 1 aromatic rings. The van der Waals surface area contributed by atoms with Crippen LogP contribution in [0.15, 0.2) is 24.9 Å². The van der Waals surface area contributed by atoms with E-state index in [2.05, 4.69) is 36.8 Å². The fourth-order valence-electron chi connectivity index (χ4n) is 1.26. The van der Waals surface area contributed by atoms with Crippen LogP contribution in [0.25, 0.3) is 0 Å². The van der Waals surface area contributed by atoms with Gasteiger partial charge in [0.05, 0.1) is 11.9 Å². The lowest BCUT2D eigenvalue weighted by Gasteiger charge is -2.09. The maximum Gasteiger partial charge on any atom is 0.126 e. The summed E-state index contributed by atoms with van der Waals surface area (Å²) in [6.07, 6.45) is 4.48. The Labute approximate surface area is 98.8 Å². The predicted molar refractivity (Wildman–Crippen MR) is 72.6 cm³/mol. The molecule has 3 nitrogen and oxygen atoms in total. The third kappa shape index (κ3) is 5.39. The number of nitrogens with zero attached hydrogens (tertiary/aromatic N) is 1. The van der Waals surface area contributed by atoms with E-state index in [0.717, 1.165) is 17.7 Å². The van der Waals surface area contributed by atoms with Crippen LogP contribution in [-0.4, -0.2) is 12.0 Å². The van der Waals surface area contributed by atoms with Crippen molar-refractivity contribution in [3.05, 3.63) is 30.5 Å². The largest absolute Gasteiger partial charge is 0.387 e. The third-order valence-corrected chi connectivity index (χ3v) is 1.92. The van der Waals surface area contributed by atoms with E-state index < -0.39 is 0 Å². The second-order valence-corrected chi connectivity index (χ2v) is 4.02. The minimum atomic E-state index is 0.608. The highest BCUT2D eigenvalue weighted by Crippen LogP contribution is 2.17. The van der Waals surface area contributed by atoms with Crippen LogP contribution in [-0.2, 0) is 6.42 Å². The summed E-state index contributed by atoms with van der Waals surface area (Å²) in [7, 11) is 1.88. The maximum absolute atomic E-state index is 5.75. The summed E-state index contributed by atoms with van der Waals surface area (Å²) in [5.74, 6) is 1.25. The van der Waals surface area contributed by atoms with Gasteiger partial charge >= 0.3 is 0 Å². The molecular weight excluding hydrogens is 198 g/mol. The smallest absolute Gasteiger partial charge is 0.126 e. The van der Waals surface area contributed by atoms with E-state index in [-0.39, 0.29) is 0 Å². The maximum atomic E-state index is 5.75. The van der Waals surface area contributed by atoms with Gasteiger partial charge in [0, 0.05) is 7.05 Å². The highest BCUT2D eigenvalue weighted by Gasteiger charge is 2.04. The normalized spacial score (nSPS) is 9.31. The van der Waals surface area contributed by atoms with Crippen LogP contribution in [0.4, 0.5) is 11.5 Å². The molecule has 0 aliphatic rings. The average molecular weight is 221 g/mol. The van der Waals surface area contributed by atoms with E-state index in [1.165, 1.54) is 0 Å². The highest BCUT2D eigenvalue weighted by atomic mass is 14.9. The van der Waals surface area contributed by atoms with E-state index in [1.54, 1.807) is 12.3 Å². The van der Waals surface area contributed by atoms with Crippen LogP contribution < -0.4 is 11.1 Å². The summed E-state index contributed by atoms with van der Waals surface area (Å²) < 4.78 is 0. The summed E-state index contributed by atoms with van der Waals surface area (Å²) in [6.45, 7) is 9.59. The first-order valence-corrected chi connectivity index (χ1v) is 5.54. The second-order valence-electron chi connectivity index (χ2n) is 4.02. The van der Waals surface area contributed by atoms with E-state index in [9.17, 15) is 0 Å². The number of nitrogen functional groups attached to an aromatic ring is 1. The van der Waals surface area contributed by atoms with Crippen molar-refractivity contribution in [2.24, 2.45) is 5.92 Å². The summed E-state index contributed by atoms with van der Waals surface area (Å²) in [4.78, 5) is 4.12. The molecule has 16 heavy (non-hydrogen) atoms. The van der Waals surface area contributed by atoms with Crippen LogP contribution in [0.1, 0.15) is 26.3 Å². The third-order valence-electron chi connectivity index (χ3n) is 1.92. The zero-order valence-corrected chi connectivity index (χ0v) is 10.7. The molecule has 0 radical (unpaired) electrons. The van der Waals surface area contributed by atoms with Crippen LogP contribution in [0, 0.1) is 5.92 Å². The van der Waals surface area contributed by atoms with Gasteiger partial charge in [0.1, 0.15) is 5.82 Å². The molecule has 0 aliphatic carbocycles. The zero-order valence-electron chi connectivity index (χ0n) is 10.7. The number of rotatable bonds is 3. The van der Waals surface area contributed by atoms with E-state index in [0.29, 0.717) is 11.7 Å². The molecule has 1 heterocycles. The molecule has 0 unspecified atom stereocenters. The van der Waals surface area contributed by atoms with Gasteiger partial charge in [-0.2, -0.15) is 0 Å². The van der Waals surface area contributed by atoms with Crippen LogP contribution in [0.3, 0.4) is 0 Å². The SMILES string of the molecule is C=CC.CNc1cnc(N)c(CC(C)C)c1. The highest BCUT2D eigenvalue weighted by molar-refractivity contribution is 5.51. The van der Waals surface area contributed by atoms with Gasteiger partial charge in [0.15, 0.2) is 0 Å². The summed E-state index contributed by atoms with van der Waals surface area (Å²) >= 11 is 0. The van der Waals surface area contributed by atoms with Crippen LogP contribution in [0.5, 0.6) is 0 Å². The first-order chi connectivity index (χ1) is 7.54. The number of pyridine rings is 1. The number of hydrogen-bond acceptors (Lipinski definition) is 3. The first-order valence-electron chi connectivity index (χ1n) is 5.54. The molecule has 0 saturated carbocycles. The van der Waals surface area contributed by atoms with Gasteiger partial charge in [0.25, 0.3) is 0 Å². The molecule has 0 atom stereocenters. The standard InChI is InChI=1S/C10H17N3.C3H6/c1-7(2)4-8-5-9(12-3)6-13-10(8)11;1-3-2/h5-7,12H,4H2,1-3H3,(H2,11,13);3H,1H2,2H3. The summed E-state index contributed by atoms with van der Waals surface area (Å²) in [5.41, 5.74) is 7.90. The lowest BCUT2D eigenvalue weighted by molar-refractivity contribution is 0.647. The zero-order chi connectivity index (χ0) is 12.6. The average Bonchev–Trinajstić information content (AvgIpc) is 2.22. The summed E-state index contributed by atoms with van der Waals surface area (Å²) in [6, 6.07) is 2.06. The van der Waals surface area contributed by atoms with Crippen molar-refractivity contribution < 1.29 is 0 Å². The molecule has 0 saturated heterocycles. The minimum absolute atomic E-state index is 0.608. The Bertz CT molecular complexity index is 319. The van der Waals surface area contributed by atoms with Gasteiger partial charge in [-0.25, -0.2) is 4.98 Å². The summed E-state index contributed by atoms with van der Waals surface area (Å²) in [5, 5.41) is 3.05. The Morgan fingerprint density at radius 1 is 1.56 bits per heavy atom. The van der Waals surface area contributed by atoms with E-state index >= 15 is 0 Å². The molecule has 0 aliphatic heterocycles. The van der Waals surface area contributed by atoms with Crippen LogP contribution >= 0.6 is 0 Å². The number of aromatic nitrogens is 1. The Morgan fingerprint density at radius 3 is 2.56 bits per heavy atom. The van der Waals surface area contributed by atoms with Crippen molar-refractivity contribution in [1.29, 1.82) is 0 Å². The van der Waals surface area contributed by atoms with Crippen molar-refractivity contribution in [2.45, 2.75) is 27.2 Å². The Hall–Kier alpha value is -1.51. The molecule has 3 N–H and O–H groups in total. The fourth-order valence-corrected chi connectivity index (χ4v) is 1.26. The lowest BCUT2D eigenvalue weighted by Crippen LogP contribution is -2.03. The number of nitrogens with two attached hydrogens (primary N) is 1. The Morgan fingerprint density at radius 2 is 2.12 bits per heavy atom. The molecule has 90 valence electrons. The Balaban J connectivity index is 0.000000673. The minimum Gasteiger partial charge on any atom is -0.387 e. The molecule has 1 aromatic heterocycles. The number of allylic oxidation sites excluding steroid dienone is 1. The van der Waals surface area contributed by atoms with Gasteiger partial charge in [-0.1, -0.05) is 19.9 Å². The van der Waals surface area contributed by atoms with Crippen molar-refractivity contribution in [2.75, 3.05) is 18.1 Å². The molecule has 0 spiro atoms. The molecule has 0 fully saturated rings. The van der Waals surface area contributed by atoms with Crippen molar-refractivity contribution in [3.63, 3.8) is 0 Å². The van der Waals surface area contributed by atoms with E-state index in [4.69, 9.17) is 5.73 Å². The number of anilines is 2. The van der Waals surface area contributed by atoms with Gasteiger partial charge in [-0.05, 0) is 30.9 Å². The monoisotopic (exact) mass is 221 g/mol. The van der Waals surface area contributed by atoms with Crippen LogP contribution in [0.2, 0.25) is 0 Å². The van der Waals surface area contributed by atoms with Crippen molar-refractivity contribution >= 4 is 11.5 Å². The van der Waals surface area contributed by atoms with Gasteiger partial charge < -0.3 is 11.1 Å². The number of nitrogens with one attached hydrogen (secondary N) is 1. The Kier molecular flexibility index (Phi) is 7.01. The molecule has 1 rings (SSSR count). The molecule has 0 amide bonds.